The maximum atomic E-state index is 12.7. The fourth-order valence-corrected chi connectivity index (χ4v) is 1.38. The van der Waals surface area contributed by atoms with Gasteiger partial charge in [-0.1, -0.05) is 15.9 Å². The van der Waals surface area contributed by atoms with Crippen molar-refractivity contribution in [2.45, 2.75) is 24.3 Å². The third-order valence-corrected chi connectivity index (χ3v) is 2.66. The van der Waals surface area contributed by atoms with Crippen molar-refractivity contribution in [3.05, 3.63) is 33.9 Å². The molecule has 0 aliphatic carbocycles. The standard InChI is InChI=1S/C11H10BrF3N2O3/c1-10(2,12)9(18)16-6-3-4-8(17(19)20)7(5-6)11(13,14)15/h3-5H,1-2H3,(H,16,18). The van der Waals surface area contributed by atoms with Crippen LogP contribution in [0.15, 0.2) is 18.2 Å². The first-order valence-electron chi connectivity index (χ1n) is 5.29. The van der Waals surface area contributed by atoms with Gasteiger partial charge >= 0.3 is 6.18 Å². The lowest BCUT2D eigenvalue weighted by atomic mass is 10.1. The van der Waals surface area contributed by atoms with Crippen molar-refractivity contribution < 1.29 is 22.9 Å². The Bertz CT molecular complexity index is 553. The number of halogens is 4. The number of hydrogen-bond acceptors (Lipinski definition) is 3. The quantitative estimate of drug-likeness (QED) is 0.510. The van der Waals surface area contributed by atoms with E-state index in [-0.39, 0.29) is 5.69 Å². The predicted molar refractivity (Wildman–Crippen MR) is 69.7 cm³/mol. The minimum atomic E-state index is -4.88. The highest BCUT2D eigenvalue weighted by molar-refractivity contribution is 9.10. The summed E-state index contributed by atoms with van der Waals surface area (Å²) in [7, 11) is 0. The summed E-state index contributed by atoms with van der Waals surface area (Å²) in [5, 5.41) is 12.8. The second-order valence-corrected chi connectivity index (χ2v) is 6.40. The van der Waals surface area contributed by atoms with E-state index in [2.05, 4.69) is 21.2 Å². The molecule has 0 saturated carbocycles. The van der Waals surface area contributed by atoms with Crippen molar-refractivity contribution in [2.75, 3.05) is 5.32 Å². The topological polar surface area (TPSA) is 72.2 Å². The summed E-state index contributed by atoms with van der Waals surface area (Å²) < 4.78 is 37.2. The smallest absolute Gasteiger partial charge is 0.325 e. The minimum absolute atomic E-state index is 0.166. The Morgan fingerprint density at radius 2 is 1.90 bits per heavy atom. The third kappa shape index (κ3) is 3.92. The van der Waals surface area contributed by atoms with Gasteiger partial charge in [0.25, 0.3) is 5.69 Å². The number of benzene rings is 1. The van der Waals surface area contributed by atoms with Crippen LogP contribution in [0.4, 0.5) is 24.5 Å². The third-order valence-electron chi connectivity index (χ3n) is 2.30. The number of carbonyl (C=O) groups excluding carboxylic acids is 1. The number of nitrogens with zero attached hydrogens (tertiary/aromatic N) is 1. The summed E-state index contributed by atoms with van der Waals surface area (Å²) in [5.41, 5.74) is -2.64. The summed E-state index contributed by atoms with van der Waals surface area (Å²) in [6, 6.07) is 2.29. The molecule has 0 aromatic heterocycles. The van der Waals surface area contributed by atoms with E-state index in [0.29, 0.717) is 12.1 Å². The van der Waals surface area contributed by atoms with Crippen LogP contribution in [0.25, 0.3) is 0 Å². The summed E-state index contributed by atoms with van der Waals surface area (Å²) in [6.45, 7) is 3.02. The van der Waals surface area contributed by atoms with Gasteiger partial charge in [-0.05, 0) is 26.0 Å². The number of nitro benzene ring substituents is 1. The Morgan fingerprint density at radius 1 is 1.35 bits per heavy atom. The van der Waals surface area contributed by atoms with Crippen LogP contribution < -0.4 is 5.32 Å². The molecule has 110 valence electrons. The number of nitro groups is 1. The molecule has 0 unspecified atom stereocenters. The van der Waals surface area contributed by atoms with Gasteiger partial charge in [-0.3, -0.25) is 14.9 Å². The molecule has 1 aromatic rings. The number of carbonyl (C=O) groups is 1. The first-order valence-corrected chi connectivity index (χ1v) is 6.08. The number of anilines is 1. The highest BCUT2D eigenvalue weighted by atomic mass is 79.9. The van der Waals surface area contributed by atoms with E-state index in [4.69, 9.17) is 0 Å². The summed E-state index contributed by atoms with van der Waals surface area (Å²) in [4.78, 5) is 21.1. The first kappa shape index (κ1) is 16.4. The van der Waals surface area contributed by atoms with E-state index in [0.717, 1.165) is 6.07 Å². The molecule has 5 nitrogen and oxygen atoms in total. The van der Waals surface area contributed by atoms with Gasteiger partial charge in [0, 0.05) is 11.8 Å². The second kappa shape index (κ2) is 5.39. The molecular weight excluding hydrogens is 345 g/mol. The largest absolute Gasteiger partial charge is 0.423 e. The molecule has 0 bridgehead atoms. The predicted octanol–water partition coefficient (Wildman–Crippen LogP) is 3.73. The van der Waals surface area contributed by atoms with Crippen LogP contribution in [0, 0.1) is 10.1 Å². The van der Waals surface area contributed by atoms with Crippen LogP contribution in [0.1, 0.15) is 19.4 Å². The van der Waals surface area contributed by atoms with Gasteiger partial charge in [0.2, 0.25) is 5.91 Å². The monoisotopic (exact) mass is 354 g/mol. The molecule has 0 fully saturated rings. The molecule has 0 saturated heterocycles. The molecule has 1 rings (SSSR count). The Hall–Kier alpha value is -1.64. The minimum Gasteiger partial charge on any atom is -0.325 e. The van der Waals surface area contributed by atoms with E-state index in [1.54, 1.807) is 0 Å². The van der Waals surface area contributed by atoms with Crippen molar-refractivity contribution in [2.24, 2.45) is 0 Å². The van der Waals surface area contributed by atoms with E-state index in [1.807, 2.05) is 0 Å². The number of hydrogen-bond donors (Lipinski definition) is 1. The molecule has 0 aliphatic heterocycles. The summed E-state index contributed by atoms with van der Waals surface area (Å²) in [6.07, 6.45) is -4.88. The Morgan fingerprint density at radius 3 is 2.30 bits per heavy atom. The average Bonchev–Trinajstić information content (AvgIpc) is 2.26. The molecule has 0 heterocycles. The average molecular weight is 355 g/mol. The highest BCUT2D eigenvalue weighted by Gasteiger charge is 2.38. The zero-order valence-corrected chi connectivity index (χ0v) is 12.0. The van der Waals surface area contributed by atoms with E-state index >= 15 is 0 Å². The van der Waals surface area contributed by atoms with Crippen molar-refractivity contribution in [3.63, 3.8) is 0 Å². The lowest BCUT2D eigenvalue weighted by molar-refractivity contribution is -0.388. The lowest BCUT2D eigenvalue weighted by Gasteiger charge is -2.16. The first-order chi connectivity index (χ1) is 8.93. The maximum Gasteiger partial charge on any atom is 0.423 e. The van der Waals surface area contributed by atoms with Gasteiger partial charge in [-0.2, -0.15) is 13.2 Å². The van der Waals surface area contributed by atoms with Gasteiger partial charge in [0.1, 0.15) is 5.56 Å². The molecule has 1 amide bonds. The summed E-state index contributed by atoms with van der Waals surface area (Å²) >= 11 is 3.05. The molecule has 20 heavy (non-hydrogen) atoms. The zero-order valence-electron chi connectivity index (χ0n) is 10.4. The lowest BCUT2D eigenvalue weighted by Crippen LogP contribution is -2.31. The van der Waals surface area contributed by atoms with Gasteiger partial charge in [0.15, 0.2) is 0 Å². The van der Waals surface area contributed by atoms with Crippen molar-refractivity contribution >= 4 is 33.2 Å². The molecular formula is C11H10BrF3N2O3. The highest BCUT2D eigenvalue weighted by Crippen LogP contribution is 2.37. The molecule has 0 spiro atoms. The molecule has 0 radical (unpaired) electrons. The Balaban J connectivity index is 3.21. The molecule has 1 aromatic carbocycles. The zero-order chi connectivity index (χ0) is 15.7. The number of alkyl halides is 4. The van der Waals surface area contributed by atoms with Crippen LogP contribution in [-0.4, -0.2) is 15.2 Å². The fourth-order valence-electron chi connectivity index (χ4n) is 1.28. The van der Waals surface area contributed by atoms with Gasteiger partial charge in [-0.25, -0.2) is 0 Å². The van der Waals surface area contributed by atoms with E-state index < -0.39 is 32.6 Å². The van der Waals surface area contributed by atoms with Gasteiger partial charge in [-0.15, -0.1) is 0 Å². The fraction of sp³-hybridized carbons (Fsp3) is 0.364. The van der Waals surface area contributed by atoms with Crippen molar-refractivity contribution in [1.82, 2.24) is 0 Å². The Labute approximate surface area is 120 Å². The van der Waals surface area contributed by atoms with Crippen molar-refractivity contribution in [1.29, 1.82) is 0 Å². The van der Waals surface area contributed by atoms with E-state index in [1.165, 1.54) is 13.8 Å². The molecule has 0 aliphatic rings. The van der Waals surface area contributed by atoms with Crippen LogP contribution in [-0.2, 0) is 11.0 Å². The SMILES string of the molecule is CC(C)(Br)C(=O)Nc1ccc([N+](=O)[O-])c(C(F)(F)F)c1. The van der Waals surface area contributed by atoms with Crippen LogP contribution in [0.2, 0.25) is 0 Å². The number of nitrogens with one attached hydrogen (secondary N) is 1. The van der Waals surface area contributed by atoms with Crippen LogP contribution in [0.3, 0.4) is 0 Å². The van der Waals surface area contributed by atoms with Gasteiger partial charge < -0.3 is 5.32 Å². The normalized spacial score (nSPS) is 12.1. The Kier molecular flexibility index (Phi) is 4.42. The number of amides is 1. The van der Waals surface area contributed by atoms with Crippen LogP contribution in [0.5, 0.6) is 0 Å². The maximum absolute atomic E-state index is 12.7. The number of rotatable bonds is 3. The molecule has 9 heteroatoms. The van der Waals surface area contributed by atoms with Crippen molar-refractivity contribution in [3.8, 4) is 0 Å². The van der Waals surface area contributed by atoms with E-state index in [9.17, 15) is 28.1 Å². The van der Waals surface area contributed by atoms with Gasteiger partial charge in [0.05, 0.1) is 9.25 Å². The van der Waals surface area contributed by atoms with Crippen LogP contribution >= 0.6 is 15.9 Å². The molecule has 0 atom stereocenters. The summed E-state index contributed by atoms with van der Waals surface area (Å²) in [5.74, 6) is -0.570. The second-order valence-electron chi connectivity index (χ2n) is 4.41. The molecule has 1 N–H and O–H groups in total.